The molecule has 0 amide bonds. The Morgan fingerprint density at radius 1 is 0.545 bits per heavy atom. The Labute approximate surface area is 199 Å². The zero-order valence-corrected chi connectivity index (χ0v) is 19.4. The largest absolute Gasteiger partial charge is 0.435 e. The zero-order valence-electron chi connectivity index (χ0n) is 17.8. The SMILES string of the molecule is Cc1ccc(-c2ccccc2)cc1.FC(F)Br.FC(F)Oc1ccc(-c2ccccc2)cc1. The van der Waals surface area contributed by atoms with Crippen LogP contribution in [0.4, 0.5) is 17.6 Å². The van der Waals surface area contributed by atoms with Gasteiger partial charge in [-0.15, -0.1) is 0 Å². The predicted octanol–water partition coefficient (Wildman–Crippen LogP) is 9.22. The van der Waals surface area contributed by atoms with Crippen molar-refractivity contribution in [1.82, 2.24) is 0 Å². The van der Waals surface area contributed by atoms with Crippen LogP contribution in [0.3, 0.4) is 0 Å². The first kappa shape index (κ1) is 26.1. The topological polar surface area (TPSA) is 9.23 Å². The van der Waals surface area contributed by atoms with Crippen molar-refractivity contribution < 1.29 is 22.3 Å². The van der Waals surface area contributed by atoms with Gasteiger partial charge < -0.3 is 4.74 Å². The maximum absolute atomic E-state index is 11.9. The highest BCUT2D eigenvalue weighted by Gasteiger charge is 2.04. The van der Waals surface area contributed by atoms with Gasteiger partial charge in [0.1, 0.15) is 5.75 Å². The van der Waals surface area contributed by atoms with Gasteiger partial charge in [-0.05, 0) is 57.2 Å². The monoisotopic (exact) mass is 518 g/mol. The van der Waals surface area contributed by atoms with Gasteiger partial charge >= 0.3 is 6.61 Å². The minimum atomic E-state index is -2.78. The van der Waals surface area contributed by atoms with Crippen LogP contribution in [0.25, 0.3) is 22.3 Å². The lowest BCUT2D eigenvalue weighted by Crippen LogP contribution is -2.01. The highest BCUT2D eigenvalue weighted by Crippen LogP contribution is 2.23. The van der Waals surface area contributed by atoms with Crippen molar-refractivity contribution in [2.45, 2.75) is 18.9 Å². The van der Waals surface area contributed by atoms with Crippen molar-refractivity contribution in [1.29, 1.82) is 0 Å². The molecule has 0 unspecified atom stereocenters. The normalized spacial score (nSPS) is 10.1. The third kappa shape index (κ3) is 10.4. The molecule has 4 aromatic carbocycles. The molecule has 0 atom stereocenters. The fourth-order valence-electron chi connectivity index (χ4n) is 2.84. The molecule has 0 saturated heterocycles. The van der Waals surface area contributed by atoms with E-state index < -0.39 is 11.9 Å². The molecule has 172 valence electrons. The van der Waals surface area contributed by atoms with Crippen molar-refractivity contribution >= 4 is 15.9 Å². The maximum Gasteiger partial charge on any atom is 0.387 e. The Bertz CT molecular complexity index is 1040. The van der Waals surface area contributed by atoms with E-state index >= 15 is 0 Å². The third-order valence-electron chi connectivity index (χ3n) is 4.35. The predicted molar refractivity (Wildman–Crippen MR) is 130 cm³/mol. The van der Waals surface area contributed by atoms with E-state index in [-0.39, 0.29) is 5.75 Å². The quantitative estimate of drug-likeness (QED) is 0.193. The Morgan fingerprint density at radius 3 is 1.24 bits per heavy atom. The molecule has 0 spiro atoms. The summed E-state index contributed by atoms with van der Waals surface area (Å²) in [5, 5.41) is -2.35. The van der Waals surface area contributed by atoms with Crippen LogP contribution in [0.15, 0.2) is 109 Å². The minimum absolute atomic E-state index is 0.176. The number of rotatable bonds is 4. The number of halogens is 5. The first-order chi connectivity index (χ1) is 15.8. The van der Waals surface area contributed by atoms with E-state index in [2.05, 4.69) is 60.2 Å². The number of hydrogen-bond acceptors (Lipinski definition) is 1. The molecule has 0 aliphatic rings. The zero-order chi connectivity index (χ0) is 24.1. The fourth-order valence-corrected chi connectivity index (χ4v) is 2.84. The molecule has 6 heteroatoms. The Hall–Kier alpha value is -3.12. The van der Waals surface area contributed by atoms with E-state index in [1.54, 1.807) is 12.1 Å². The molecule has 33 heavy (non-hydrogen) atoms. The molecule has 0 saturated carbocycles. The van der Waals surface area contributed by atoms with E-state index in [0.29, 0.717) is 0 Å². The van der Waals surface area contributed by atoms with Gasteiger partial charge in [0.2, 0.25) is 0 Å². The highest BCUT2D eigenvalue weighted by atomic mass is 79.9. The second-order valence-corrected chi connectivity index (χ2v) is 7.44. The van der Waals surface area contributed by atoms with Gasteiger partial charge in [0.25, 0.3) is 5.33 Å². The summed E-state index contributed by atoms with van der Waals surface area (Å²) in [5.41, 5.74) is 5.89. The van der Waals surface area contributed by atoms with Crippen molar-refractivity contribution in [3.05, 3.63) is 115 Å². The summed E-state index contributed by atoms with van der Waals surface area (Å²) in [6.07, 6.45) is 0. The summed E-state index contributed by atoms with van der Waals surface area (Å²) >= 11 is 1.94. The Kier molecular flexibility index (Phi) is 11.2. The van der Waals surface area contributed by atoms with Crippen molar-refractivity contribution in [2.75, 3.05) is 0 Å². The number of benzene rings is 4. The smallest absolute Gasteiger partial charge is 0.387 e. The van der Waals surface area contributed by atoms with Crippen LogP contribution < -0.4 is 4.74 Å². The lowest BCUT2D eigenvalue weighted by atomic mass is 10.0. The van der Waals surface area contributed by atoms with Gasteiger partial charge in [0.15, 0.2) is 0 Å². The van der Waals surface area contributed by atoms with Crippen LogP contribution in [-0.4, -0.2) is 11.9 Å². The molecular weight excluding hydrogens is 496 g/mol. The fraction of sp³-hybridized carbons (Fsp3) is 0.111. The van der Waals surface area contributed by atoms with Crippen LogP contribution in [0.5, 0.6) is 5.75 Å². The van der Waals surface area contributed by atoms with Crippen LogP contribution >= 0.6 is 15.9 Å². The molecule has 0 aliphatic heterocycles. The first-order valence-electron chi connectivity index (χ1n) is 10.00. The van der Waals surface area contributed by atoms with Gasteiger partial charge in [-0.25, -0.2) is 0 Å². The maximum atomic E-state index is 11.9. The molecule has 0 aromatic heterocycles. The molecule has 0 aliphatic carbocycles. The van der Waals surface area contributed by atoms with Crippen LogP contribution in [0, 0.1) is 6.92 Å². The molecule has 4 aromatic rings. The summed E-state index contributed by atoms with van der Waals surface area (Å²) in [7, 11) is 0. The number of ether oxygens (including phenoxy) is 1. The molecule has 0 fully saturated rings. The summed E-state index contributed by atoms with van der Waals surface area (Å²) in [6.45, 7) is -0.669. The summed E-state index contributed by atoms with van der Waals surface area (Å²) in [4.78, 5) is 0. The molecule has 0 heterocycles. The van der Waals surface area contributed by atoms with E-state index in [9.17, 15) is 17.6 Å². The van der Waals surface area contributed by atoms with Crippen LogP contribution in [0.2, 0.25) is 0 Å². The summed E-state index contributed by atoms with van der Waals surface area (Å²) < 4.78 is 48.6. The van der Waals surface area contributed by atoms with E-state index in [1.807, 2.05) is 52.3 Å². The van der Waals surface area contributed by atoms with Gasteiger partial charge in [0.05, 0.1) is 0 Å². The average Bonchev–Trinajstić information content (AvgIpc) is 2.81. The molecule has 0 radical (unpaired) electrons. The van der Waals surface area contributed by atoms with E-state index in [1.165, 1.54) is 28.8 Å². The number of hydrogen-bond donors (Lipinski definition) is 0. The average molecular weight is 519 g/mol. The number of aryl methyl sites for hydroxylation is 1. The van der Waals surface area contributed by atoms with Gasteiger partial charge in [-0.2, -0.15) is 17.6 Å². The Balaban J connectivity index is 0.000000204. The molecule has 1 nitrogen and oxygen atoms in total. The minimum Gasteiger partial charge on any atom is -0.435 e. The molecule has 0 bridgehead atoms. The third-order valence-corrected chi connectivity index (χ3v) is 4.35. The van der Waals surface area contributed by atoms with Crippen molar-refractivity contribution in [2.24, 2.45) is 0 Å². The van der Waals surface area contributed by atoms with Crippen molar-refractivity contribution in [3.63, 3.8) is 0 Å². The summed E-state index contributed by atoms with van der Waals surface area (Å²) in [6, 6.07) is 35.3. The van der Waals surface area contributed by atoms with Gasteiger partial charge in [-0.3, -0.25) is 0 Å². The molecule has 4 rings (SSSR count). The van der Waals surface area contributed by atoms with Crippen LogP contribution in [0.1, 0.15) is 5.56 Å². The lowest BCUT2D eigenvalue weighted by molar-refractivity contribution is -0.0498. The van der Waals surface area contributed by atoms with Gasteiger partial charge in [-0.1, -0.05) is 103 Å². The lowest BCUT2D eigenvalue weighted by Gasteiger charge is -2.05. The van der Waals surface area contributed by atoms with Gasteiger partial charge in [0, 0.05) is 0 Å². The first-order valence-corrected chi connectivity index (χ1v) is 10.9. The molecular formula is C27H23BrF4O. The van der Waals surface area contributed by atoms with Crippen molar-refractivity contribution in [3.8, 4) is 28.0 Å². The standard InChI is InChI=1S/C13H10F2O.C13H12.CHBrF2/c14-13(15)16-12-8-6-11(7-9-12)10-4-2-1-3-5-10;1-11-7-9-13(10-8-11)12-5-3-2-4-6-12;2-1(3)4/h1-9,13H;2-10H,1H3;1H. The van der Waals surface area contributed by atoms with E-state index in [4.69, 9.17) is 0 Å². The summed E-state index contributed by atoms with van der Waals surface area (Å²) in [5.74, 6) is 0.176. The highest BCUT2D eigenvalue weighted by molar-refractivity contribution is 9.09. The number of alkyl halides is 5. The Morgan fingerprint density at radius 2 is 0.879 bits per heavy atom. The second-order valence-electron chi connectivity index (χ2n) is 6.75. The van der Waals surface area contributed by atoms with Crippen LogP contribution in [-0.2, 0) is 0 Å². The second kappa shape index (κ2) is 14.1. The van der Waals surface area contributed by atoms with E-state index in [0.717, 1.165) is 11.1 Å². The molecule has 0 N–H and O–H groups in total.